The minimum atomic E-state index is -0.206. The zero-order valence-electron chi connectivity index (χ0n) is 12.1. The molecule has 3 nitrogen and oxygen atoms in total. The van der Waals surface area contributed by atoms with Crippen molar-refractivity contribution >= 4 is 0 Å². The molecule has 0 heterocycles. The number of benzene rings is 1. The molecular formula is C15H25NO2. The van der Waals surface area contributed by atoms with Gasteiger partial charge in [0, 0.05) is 7.11 Å². The van der Waals surface area contributed by atoms with Crippen molar-refractivity contribution in [1.82, 2.24) is 5.32 Å². The first kappa shape index (κ1) is 15.0. The summed E-state index contributed by atoms with van der Waals surface area (Å²) in [6, 6.07) is 8.38. The Morgan fingerprint density at radius 1 is 1.22 bits per heavy atom. The molecule has 1 rings (SSSR count). The normalized spacial score (nSPS) is 16.1. The molecule has 0 amide bonds. The average molecular weight is 251 g/mol. The molecule has 3 heteroatoms. The molecule has 102 valence electrons. The molecule has 0 fully saturated rings. The van der Waals surface area contributed by atoms with Crippen LogP contribution in [0.15, 0.2) is 24.3 Å². The summed E-state index contributed by atoms with van der Waals surface area (Å²) in [7, 11) is 3.73. The maximum Gasteiger partial charge on any atom is 0.119 e. The summed E-state index contributed by atoms with van der Waals surface area (Å²) in [5, 5.41) is 3.35. The lowest BCUT2D eigenvalue weighted by atomic mass is 9.88. The van der Waals surface area contributed by atoms with E-state index in [1.807, 2.05) is 26.1 Å². The van der Waals surface area contributed by atoms with Gasteiger partial charge in [-0.1, -0.05) is 19.1 Å². The van der Waals surface area contributed by atoms with E-state index in [9.17, 15) is 0 Å². The van der Waals surface area contributed by atoms with Crippen LogP contribution in [-0.4, -0.2) is 26.4 Å². The number of nitrogens with one attached hydrogen (secondary N) is 1. The van der Waals surface area contributed by atoms with Gasteiger partial charge in [0.1, 0.15) is 5.75 Å². The zero-order valence-corrected chi connectivity index (χ0v) is 12.1. The minimum Gasteiger partial charge on any atom is -0.494 e. The van der Waals surface area contributed by atoms with E-state index in [1.165, 1.54) is 5.56 Å². The molecular weight excluding hydrogens is 226 g/mol. The Morgan fingerprint density at radius 2 is 1.83 bits per heavy atom. The van der Waals surface area contributed by atoms with Crippen molar-refractivity contribution in [3.05, 3.63) is 29.8 Å². The number of rotatable bonds is 7. The highest BCUT2D eigenvalue weighted by Crippen LogP contribution is 2.32. The predicted molar refractivity (Wildman–Crippen MR) is 75.1 cm³/mol. The van der Waals surface area contributed by atoms with Crippen molar-refractivity contribution in [2.75, 3.05) is 20.8 Å². The number of hydrogen-bond donors (Lipinski definition) is 1. The highest BCUT2D eigenvalue weighted by Gasteiger charge is 2.32. The van der Waals surface area contributed by atoms with Crippen LogP contribution in [-0.2, 0) is 4.74 Å². The third kappa shape index (κ3) is 3.24. The van der Waals surface area contributed by atoms with Gasteiger partial charge in [-0.05, 0) is 45.0 Å². The van der Waals surface area contributed by atoms with Crippen LogP contribution in [0.2, 0.25) is 0 Å². The number of ether oxygens (including phenoxy) is 2. The lowest BCUT2D eigenvalue weighted by molar-refractivity contribution is -0.0280. The molecule has 1 aromatic carbocycles. The van der Waals surface area contributed by atoms with Crippen LogP contribution >= 0.6 is 0 Å². The quantitative estimate of drug-likeness (QED) is 0.807. The maximum atomic E-state index is 5.68. The molecule has 0 aromatic heterocycles. The van der Waals surface area contributed by atoms with E-state index in [0.29, 0.717) is 6.61 Å². The second-order valence-electron chi connectivity index (χ2n) is 4.59. The molecule has 0 aliphatic carbocycles. The van der Waals surface area contributed by atoms with Crippen molar-refractivity contribution in [1.29, 1.82) is 0 Å². The molecule has 0 saturated carbocycles. The van der Waals surface area contributed by atoms with Gasteiger partial charge in [0.2, 0.25) is 0 Å². The minimum absolute atomic E-state index is 0.170. The Hall–Kier alpha value is -1.06. The molecule has 0 aliphatic heterocycles. The first-order valence-electron chi connectivity index (χ1n) is 6.56. The number of likely N-dealkylation sites (N-methyl/N-ethyl adjacent to an activating group) is 1. The molecule has 0 spiro atoms. The van der Waals surface area contributed by atoms with Crippen LogP contribution in [0.25, 0.3) is 0 Å². The fourth-order valence-corrected chi connectivity index (χ4v) is 2.21. The van der Waals surface area contributed by atoms with Crippen LogP contribution in [0.3, 0.4) is 0 Å². The standard InChI is InChI=1S/C15H25NO2/c1-6-15(3,17-5)14(16-4)12-8-10-13(11-9-12)18-7-2/h8-11,14,16H,6-7H2,1-5H3. The zero-order chi connectivity index (χ0) is 13.6. The van der Waals surface area contributed by atoms with Gasteiger partial charge in [-0.25, -0.2) is 0 Å². The molecule has 2 unspecified atom stereocenters. The van der Waals surface area contributed by atoms with Crippen molar-refractivity contribution in [2.24, 2.45) is 0 Å². The second-order valence-corrected chi connectivity index (χ2v) is 4.59. The summed E-state index contributed by atoms with van der Waals surface area (Å²) >= 11 is 0. The SMILES string of the molecule is CCOc1ccc(C(NC)C(C)(CC)OC)cc1. The van der Waals surface area contributed by atoms with Gasteiger partial charge < -0.3 is 14.8 Å². The third-order valence-electron chi connectivity index (χ3n) is 3.59. The smallest absolute Gasteiger partial charge is 0.119 e. The van der Waals surface area contributed by atoms with E-state index >= 15 is 0 Å². The predicted octanol–water partition coefficient (Wildman–Crippen LogP) is 3.16. The average Bonchev–Trinajstić information content (AvgIpc) is 2.41. The summed E-state index contributed by atoms with van der Waals surface area (Å²) in [5.74, 6) is 0.909. The van der Waals surface area contributed by atoms with Crippen molar-refractivity contribution < 1.29 is 9.47 Å². The van der Waals surface area contributed by atoms with Gasteiger partial charge in [-0.15, -0.1) is 0 Å². The van der Waals surface area contributed by atoms with Gasteiger partial charge in [0.15, 0.2) is 0 Å². The molecule has 0 aliphatic rings. The maximum absolute atomic E-state index is 5.68. The summed E-state index contributed by atoms with van der Waals surface area (Å²) in [6.45, 7) is 6.95. The molecule has 1 N–H and O–H groups in total. The fraction of sp³-hybridized carbons (Fsp3) is 0.600. The summed E-state index contributed by atoms with van der Waals surface area (Å²) in [4.78, 5) is 0. The van der Waals surface area contributed by atoms with Crippen LogP contribution < -0.4 is 10.1 Å². The lowest BCUT2D eigenvalue weighted by Gasteiger charge is -2.36. The van der Waals surface area contributed by atoms with Crippen LogP contribution in [0.1, 0.15) is 38.8 Å². The Morgan fingerprint density at radius 3 is 2.22 bits per heavy atom. The Balaban J connectivity index is 2.95. The molecule has 0 bridgehead atoms. The molecule has 0 saturated heterocycles. The Labute approximate surface area is 110 Å². The van der Waals surface area contributed by atoms with Gasteiger partial charge in [0.25, 0.3) is 0 Å². The van der Waals surface area contributed by atoms with E-state index in [1.54, 1.807) is 7.11 Å². The first-order valence-corrected chi connectivity index (χ1v) is 6.56. The highest BCUT2D eigenvalue weighted by molar-refractivity contribution is 5.30. The monoisotopic (exact) mass is 251 g/mol. The molecule has 1 aromatic rings. The van der Waals surface area contributed by atoms with E-state index < -0.39 is 0 Å². The van der Waals surface area contributed by atoms with Gasteiger partial charge in [0.05, 0.1) is 18.2 Å². The summed E-state index contributed by atoms with van der Waals surface area (Å²) in [6.07, 6.45) is 0.947. The van der Waals surface area contributed by atoms with Crippen molar-refractivity contribution in [2.45, 2.75) is 38.8 Å². The summed E-state index contributed by atoms with van der Waals surface area (Å²) < 4.78 is 11.1. The third-order valence-corrected chi connectivity index (χ3v) is 3.59. The van der Waals surface area contributed by atoms with Gasteiger partial charge >= 0.3 is 0 Å². The second kappa shape index (κ2) is 6.76. The Kier molecular flexibility index (Phi) is 5.63. The Bertz CT molecular complexity index is 344. The molecule has 18 heavy (non-hydrogen) atoms. The van der Waals surface area contributed by atoms with Gasteiger partial charge in [-0.2, -0.15) is 0 Å². The highest BCUT2D eigenvalue weighted by atomic mass is 16.5. The largest absolute Gasteiger partial charge is 0.494 e. The van der Waals surface area contributed by atoms with Crippen molar-refractivity contribution in [3.8, 4) is 5.75 Å². The fourth-order valence-electron chi connectivity index (χ4n) is 2.21. The van der Waals surface area contributed by atoms with Crippen LogP contribution in [0.4, 0.5) is 0 Å². The van der Waals surface area contributed by atoms with Crippen LogP contribution in [0, 0.1) is 0 Å². The number of methoxy groups -OCH3 is 1. The van der Waals surface area contributed by atoms with Gasteiger partial charge in [-0.3, -0.25) is 0 Å². The summed E-state index contributed by atoms with van der Waals surface area (Å²) in [5.41, 5.74) is 1.01. The molecule has 2 atom stereocenters. The van der Waals surface area contributed by atoms with E-state index in [0.717, 1.165) is 12.2 Å². The molecule has 0 radical (unpaired) electrons. The van der Waals surface area contributed by atoms with E-state index in [-0.39, 0.29) is 11.6 Å². The first-order chi connectivity index (χ1) is 8.61. The number of hydrogen-bond acceptors (Lipinski definition) is 3. The van der Waals surface area contributed by atoms with E-state index in [4.69, 9.17) is 9.47 Å². The van der Waals surface area contributed by atoms with Crippen LogP contribution in [0.5, 0.6) is 5.75 Å². The van der Waals surface area contributed by atoms with E-state index in [2.05, 4.69) is 31.3 Å². The topological polar surface area (TPSA) is 30.5 Å². The lowest BCUT2D eigenvalue weighted by Crippen LogP contribution is -2.41. The van der Waals surface area contributed by atoms with Crippen molar-refractivity contribution in [3.63, 3.8) is 0 Å².